The number of H-pyrrole nitrogens is 1. The summed E-state index contributed by atoms with van der Waals surface area (Å²) >= 11 is 3.00. The molecule has 2 radical (unpaired) electrons. The van der Waals surface area contributed by atoms with Crippen molar-refractivity contribution in [2.24, 2.45) is 0 Å². The predicted molar refractivity (Wildman–Crippen MR) is 29.5 cm³/mol. The van der Waals surface area contributed by atoms with Crippen molar-refractivity contribution in [2.45, 2.75) is 0 Å². The van der Waals surface area contributed by atoms with E-state index < -0.39 is 0 Å². The Bertz CT molecular complexity index is 145. The lowest BCUT2D eigenvalue weighted by Crippen LogP contribution is -2.05. The number of halogens is 1. The van der Waals surface area contributed by atoms with E-state index in [1.807, 2.05) is 0 Å². The molecule has 1 aromatic rings. The third-order valence-corrected chi connectivity index (χ3v) is 0.830. The van der Waals surface area contributed by atoms with Crippen molar-refractivity contribution in [2.75, 3.05) is 0 Å². The van der Waals surface area contributed by atoms with Crippen LogP contribution in [0.1, 0.15) is 0 Å². The molecule has 0 saturated carbocycles. The van der Waals surface area contributed by atoms with Crippen LogP contribution >= 0.6 is 15.9 Å². The first-order valence-corrected chi connectivity index (χ1v) is 2.42. The zero-order valence-electron chi connectivity index (χ0n) is 3.35. The van der Waals surface area contributed by atoms with Crippen molar-refractivity contribution >= 4 is 29.5 Å². The summed E-state index contributed by atoms with van der Waals surface area (Å²) in [5.41, 5.74) is 0.326. The van der Waals surface area contributed by atoms with Gasteiger partial charge in [-0.1, -0.05) is 0 Å². The fourth-order valence-electron chi connectivity index (χ4n) is 0.253. The van der Waals surface area contributed by atoms with Gasteiger partial charge in [0.15, 0.2) is 7.85 Å². The highest BCUT2D eigenvalue weighted by molar-refractivity contribution is 9.10. The molecular weight excluding hydrogens is 157 g/mol. The molecule has 0 spiro atoms. The van der Waals surface area contributed by atoms with Gasteiger partial charge in [0.1, 0.15) is 0 Å². The van der Waals surface area contributed by atoms with E-state index in [1.54, 1.807) is 0 Å². The highest BCUT2D eigenvalue weighted by Gasteiger charge is 1.87. The number of nitrogens with one attached hydrogen (secondary N) is 1. The van der Waals surface area contributed by atoms with Crippen LogP contribution in [0.25, 0.3) is 0 Å². The zero-order chi connectivity index (χ0) is 5.28. The normalized spacial score (nSPS) is 9.29. The van der Waals surface area contributed by atoms with Gasteiger partial charge in [-0.05, 0) is 15.9 Å². The Morgan fingerprint density at radius 2 is 2.43 bits per heavy atom. The molecule has 0 aromatic carbocycles. The van der Waals surface area contributed by atoms with Gasteiger partial charge in [-0.3, -0.25) is 5.10 Å². The van der Waals surface area contributed by atoms with Gasteiger partial charge in [-0.2, -0.15) is 0 Å². The van der Waals surface area contributed by atoms with Crippen LogP contribution in [0.2, 0.25) is 0 Å². The molecule has 0 bridgehead atoms. The third-order valence-electron chi connectivity index (χ3n) is 0.475. The van der Waals surface area contributed by atoms with Crippen molar-refractivity contribution < 1.29 is 0 Å². The molecule has 0 aliphatic heterocycles. The standard InChI is InChI=1S/C2HBBrN3/c3-1-5-2(4)7-6-1/h(H,5,6,7). The van der Waals surface area contributed by atoms with Crippen LogP contribution in [-0.4, -0.2) is 23.0 Å². The number of aromatic amines is 1. The van der Waals surface area contributed by atoms with Crippen LogP contribution in [0.4, 0.5) is 0 Å². The maximum Gasteiger partial charge on any atom is 0.216 e. The molecule has 1 aromatic heterocycles. The highest BCUT2D eigenvalue weighted by Crippen LogP contribution is 1.91. The second-order valence-electron chi connectivity index (χ2n) is 0.990. The van der Waals surface area contributed by atoms with Gasteiger partial charge >= 0.3 is 0 Å². The lowest BCUT2D eigenvalue weighted by molar-refractivity contribution is 1.08. The molecule has 0 fully saturated rings. The molecule has 0 amide bonds. The minimum Gasteiger partial charge on any atom is -0.273 e. The summed E-state index contributed by atoms with van der Waals surface area (Å²) in [4.78, 5) is 3.64. The first-order valence-electron chi connectivity index (χ1n) is 1.62. The highest BCUT2D eigenvalue weighted by atomic mass is 79.9. The van der Waals surface area contributed by atoms with Crippen molar-refractivity contribution in [1.29, 1.82) is 0 Å². The van der Waals surface area contributed by atoms with Crippen LogP contribution in [0, 0.1) is 0 Å². The second-order valence-corrected chi connectivity index (χ2v) is 1.70. The summed E-state index contributed by atoms with van der Waals surface area (Å²) in [5.74, 6) is 0. The van der Waals surface area contributed by atoms with Crippen LogP contribution in [0.5, 0.6) is 0 Å². The SMILES string of the molecule is [B]c1nc(Br)n[nH]1. The smallest absolute Gasteiger partial charge is 0.216 e. The molecule has 0 aliphatic rings. The van der Waals surface area contributed by atoms with E-state index in [4.69, 9.17) is 7.85 Å². The summed E-state index contributed by atoms with van der Waals surface area (Å²) in [6.07, 6.45) is 0. The first kappa shape index (κ1) is 4.83. The van der Waals surface area contributed by atoms with E-state index in [0.717, 1.165) is 0 Å². The minimum atomic E-state index is 0.326. The largest absolute Gasteiger partial charge is 0.273 e. The molecular formula is C2HBBrN3. The minimum absolute atomic E-state index is 0.326. The molecule has 3 nitrogen and oxygen atoms in total. The Morgan fingerprint density at radius 1 is 1.71 bits per heavy atom. The van der Waals surface area contributed by atoms with Crippen LogP contribution in [-0.2, 0) is 0 Å². The maximum absolute atomic E-state index is 5.12. The molecule has 0 aliphatic carbocycles. The predicted octanol–water partition coefficient (Wildman–Crippen LogP) is -0.639. The van der Waals surface area contributed by atoms with E-state index in [2.05, 4.69) is 31.1 Å². The summed E-state index contributed by atoms with van der Waals surface area (Å²) in [6, 6.07) is 0. The molecule has 0 atom stereocenters. The van der Waals surface area contributed by atoms with Gasteiger partial charge in [0.05, 0.1) is 5.72 Å². The number of aromatic nitrogens is 3. The van der Waals surface area contributed by atoms with Crippen molar-refractivity contribution in [3.8, 4) is 0 Å². The van der Waals surface area contributed by atoms with E-state index >= 15 is 0 Å². The molecule has 1 heterocycles. The topological polar surface area (TPSA) is 41.6 Å². The molecule has 0 saturated heterocycles. The monoisotopic (exact) mass is 157 g/mol. The molecule has 34 valence electrons. The van der Waals surface area contributed by atoms with Gasteiger partial charge < -0.3 is 0 Å². The lowest BCUT2D eigenvalue weighted by atomic mass is 10.1. The van der Waals surface area contributed by atoms with Gasteiger partial charge in [-0.15, -0.1) is 5.10 Å². The third kappa shape index (κ3) is 1.02. The van der Waals surface area contributed by atoms with Crippen molar-refractivity contribution in [3.63, 3.8) is 0 Å². The first-order chi connectivity index (χ1) is 3.29. The van der Waals surface area contributed by atoms with Gasteiger partial charge in [0.2, 0.25) is 4.73 Å². The van der Waals surface area contributed by atoms with Gasteiger partial charge in [-0.25, -0.2) is 4.98 Å². The van der Waals surface area contributed by atoms with E-state index in [9.17, 15) is 0 Å². The Balaban J connectivity index is 3.04. The molecule has 7 heavy (non-hydrogen) atoms. The van der Waals surface area contributed by atoms with E-state index in [0.29, 0.717) is 10.5 Å². The Morgan fingerprint density at radius 3 is 2.57 bits per heavy atom. The van der Waals surface area contributed by atoms with Crippen molar-refractivity contribution in [3.05, 3.63) is 4.73 Å². The number of rotatable bonds is 0. The van der Waals surface area contributed by atoms with Crippen LogP contribution < -0.4 is 5.72 Å². The van der Waals surface area contributed by atoms with Crippen LogP contribution in [0.3, 0.4) is 0 Å². The fraction of sp³-hybridized carbons (Fsp3) is 0. The molecule has 1 rings (SSSR count). The van der Waals surface area contributed by atoms with E-state index in [-0.39, 0.29) is 0 Å². The summed E-state index contributed by atoms with van der Waals surface area (Å²) in [7, 11) is 5.12. The Kier molecular flexibility index (Phi) is 1.14. The number of hydrogen-bond donors (Lipinski definition) is 1. The molecule has 0 unspecified atom stereocenters. The Labute approximate surface area is 50.1 Å². The average Bonchev–Trinajstić information content (AvgIpc) is 1.87. The van der Waals surface area contributed by atoms with Crippen LogP contribution in [0.15, 0.2) is 4.73 Å². The average molecular weight is 158 g/mol. The molecule has 5 heteroatoms. The zero-order valence-corrected chi connectivity index (χ0v) is 4.94. The van der Waals surface area contributed by atoms with Gasteiger partial charge in [0.25, 0.3) is 0 Å². The second kappa shape index (κ2) is 1.65. The van der Waals surface area contributed by atoms with Gasteiger partial charge in [0, 0.05) is 0 Å². The number of nitrogens with zero attached hydrogens (tertiary/aromatic N) is 2. The maximum atomic E-state index is 5.12. The quantitative estimate of drug-likeness (QED) is 0.510. The molecule has 1 N–H and O–H groups in total. The van der Waals surface area contributed by atoms with Crippen molar-refractivity contribution in [1.82, 2.24) is 15.2 Å². The number of hydrogen-bond acceptors (Lipinski definition) is 2. The summed E-state index contributed by atoms with van der Waals surface area (Å²) in [6.45, 7) is 0. The Hall–Kier alpha value is -0.315. The lowest BCUT2D eigenvalue weighted by Gasteiger charge is -1.67. The summed E-state index contributed by atoms with van der Waals surface area (Å²) < 4.78 is 0.491. The fourth-order valence-corrected chi connectivity index (χ4v) is 0.532. The summed E-state index contributed by atoms with van der Waals surface area (Å²) in [5, 5.41) is 6.01. The van der Waals surface area contributed by atoms with E-state index in [1.165, 1.54) is 0 Å².